The Bertz CT molecular complexity index is 1000. The Morgan fingerprint density at radius 2 is 1.66 bits per heavy atom. The molecule has 2 aliphatic rings. The van der Waals surface area contributed by atoms with Gasteiger partial charge in [-0.15, -0.1) is 0 Å². The molecule has 0 bridgehead atoms. The SMILES string of the molecule is CC(C)(NC(=O)OCC1c2ccccc2-c2ccccc21)C(=O)N1CCC[C@@H]1CC(=O)O. The summed E-state index contributed by atoms with van der Waals surface area (Å²) in [7, 11) is 0. The number of carbonyl (C=O) groups is 3. The highest BCUT2D eigenvalue weighted by Gasteiger charge is 2.40. The van der Waals surface area contributed by atoms with Crippen LogP contribution in [0, 0.1) is 0 Å². The average Bonchev–Trinajstić information content (AvgIpc) is 3.33. The van der Waals surface area contributed by atoms with Crippen LogP contribution < -0.4 is 5.32 Å². The second kappa shape index (κ2) is 8.65. The van der Waals surface area contributed by atoms with E-state index in [9.17, 15) is 14.4 Å². The zero-order valence-corrected chi connectivity index (χ0v) is 18.3. The lowest BCUT2D eigenvalue weighted by Crippen LogP contribution is -2.57. The summed E-state index contributed by atoms with van der Waals surface area (Å²) in [6.45, 7) is 3.89. The number of aliphatic carboxylic acids is 1. The number of hydrogen-bond acceptors (Lipinski definition) is 4. The van der Waals surface area contributed by atoms with Gasteiger partial charge in [-0.2, -0.15) is 0 Å². The van der Waals surface area contributed by atoms with Gasteiger partial charge in [-0.05, 0) is 48.9 Å². The molecule has 1 atom stereocenters. The van der Waals surface area contributed by atoms with E-state index in [1.807, 2.05) is 36.4 Å². The van der Waals surface area contributed by atoms with E-state index < -0.39 is 17.6 Å². The molecule has 7 nitrogen and oxygen atoms in total. The summed E-state index contributed by atoms with van der Waals surface area (Å²) >= 11 is 0. The zero-order valence-electron chi connectivity index (χ0n) is 18.3. The summed E-state index contributed by atoms with van der Waals surface area (Å²) in [4.78, 5) is 38.3. The van der Waals surface area contributed by atoms with Gasteiger partial charge in [-0.3, -0.25) is 9.59 Å². The lowest BCUT2D eigenvalue weighted by Gasteiger charge is -2.33. The van der Waals surface area contributed by atoms with Crippen LogP contribution in [0.5, 0.6) is 0 Å². The Hall–Kier alpha value is -3.35. The van der Waals surface area contributed by atoms with E-state index in [0.717, 1.165) is 28.7 Å². The van der Waals surface area contributed by atoms with Crippen molar-refractivity contribution in [1.29, 1.82) is 0 Å². The third-order valence-electron chi connectivity index (χ3n) is 6.34. The fourth-order valence-electron chi connectivity index (χ4n) is 4.82. The predicted octanol–water partition coefficient (Wildman–Crippen LogP) is 3.77. The van der Waals surface area contributed by atoms with Crippen molar-refractivity contribution >= 4 is 18.0 Å². The normalized spacial score (nSPS) is 17.6. The van der Waals surface area contributed by atoms with E-state index in [0.29, 0.717) is 13.0 Å². The number of benzene rings is 2. The highest BCUT2D eigenvalue weighted by molar-refractivity contribution is 5.90. The van der Waals surface area contributed by atoms with Gasteiger partial charge >= 0.3 is 12.1 Å². The van der Waals surface area contributed by atoms with Crippen molar-refractivity contribution in [3.05, 3.63) is 59.7 Å². The molecule has 2 amide bonds. The summed E-state index contributed by atoms with van der Waals surface area (Å²) in [6.07, 6.45) is 0.649. The predicted molar refractivity (Wildman–Crippen MR) is 119 cm³/mol. The Balaban J connectivity index is 1.41. The van der Waals surface area contributed by atoms with Gasteiger partial charge in [-0.25, -0.2) is 4.79 Å². The van der Waals surface area contributed by atoms with Gasteiger partial charge in [0, 0.05) is 18.5 Å². The highest BCUT2D eigenvalue weighted by atomic mass is 16.5. The minimum Gasteiger partial charge on any atom is -0.481 e. The summed E-state index contributed by atoms with van der Waals surface area (Å²) in [5.74, 6) is -1.29. The number of alkyl carbamates (subject to hydrolysis) is 1. The maximum atomic E-state index is 13.0. The number of rotatable bonds is 6. The first-order valence-electron chi connectivity index (χ1n) is 10.9. The Morgan fingerprint density at radius 1 is 1.06 bits per heavy atom. The molecule has 32 heavy (non-hydrogen) atoms. The molecule has 0 aromatic heterocycles. The van der Waals surface area contributed by atoms with E-state index in [4.69, 9.17) is 9.84 Å². The van der Waals surface area contributed by atoms with Gasteiger partial charge in [0.2, 0.25) is 5.91 Å². The van der Waals surface area contributed by atoms with Crippen molar-refractivity contribution in [2.45, 2.75) is 50.6 Å². The minimum absolute atomic E-state index is 0.0644. The van der Waals surface area contributed by atoms with E-state index in [-0.39, 0.29) is 30.9 Å². The number of carboxylic acids is 1. The molecule has 2 N–H and O–H groups in total. The Kier molecular flexibility index (Phi) is 5.91. The number of nitrogens with zero attached hydrogens (tertiary/aromatic N) is 1. The Labute approximate surface area is 187 Å². The number of ether oxygens (including phenoxy) is 1. The van der Waals surface area contributed by atoms with Gasteiger partial charge in [-0.1, -0.05) is 48.5 Å². The van der Waals surface area contributed by atoms with Crippen LogP contribution in [0.3, 0.4) is 0 Å². The number of hydrogen-bond donors (Lipinski definition) is 2. The van der Waals surface area contributed by atoms with Crippen molar-refractivity contribution in [3.63, 3.8) is 0 Å². The maximum absolute atomic E-state index is 13.0. The summed E-state index contributed by atoms with van der Waals surface area (Å²) in [6, 6.07) is 15.8. The molecular weight excluding hydrogens is 408 g/mol. The fourth-order valence-corrected chi connectivity index (χ4v) is 4.82. The van der Waals surface area contributed by atoms with Crippen molar-refractivity contribution in [1.82, 2.24) is 10.2 Å². The van der Waals surface area contributed by atoms with Gasteiger partial charge in [0.1, 0.15) is 12.1 Å². The van der Waals surface area contributed by atoms with Gasteiger partial charge in [0.05, 0.1) is 6.42 Å². The quantitative estimate of drug-likeness (QED) is 0.719. The van der Waals surface area contributed by atoms with Crippen LogP contribution in [0.15, 0.2) is 48.5 Å². The minimum atomic E-state index is -1.20. The topological polar surface area (TPSA) is 95.9 Å². The lowest BCUT2D eigenvalue weighted by atomic mass is 9.98. The molecule has 0 radical (unpaired) electrons. The van der Waals surface area contributed by atoms with Gasteiger partial charge in [0.25, 0.3) is 0 Å². The number of amides is 2. The Morgan fingerprint density at radius 3 is 2.25 bits per heavy atom. The van der Waals surface area contributed by atoms with Crippen LogP contribution in [0.2, 0.25) is 0 Å². The van der Waals surface area contributed by atoms with Gasteiger partial charge in [0.15, 0.2) is 0 Å². The fraction of sp³-hybridized carbons (Fsp3) is 0.400. The first-order valence-corrected chi connectivity index (χ1v) is 10.9. The second-order valence-corrected chi connectivity index (χ2v) is 8.97. The first-order chi connectivity index (χ1) is 15.3. The molecule has 2 aromatic carbocycles. The summed E-state index contributed by atoms with van der Waals surface area (Å²) in [5, 5.41) is 11.8. The van der Waals surface area contributed by atoms with Gasteiger partial charge < -0.3 is 20.1 Å². The molecule has 4 rings (SSSR count). The molecular formula is C25H28N2O5. The zero-order chi connectivity index (χ0) is 22.9. The molecule has 0 unspecified atom stereocenters. The molecule has 0 saturated carbocycles. The van der Waals surface area contributed by atoms with E-state index in [1.54, 1.807) is 18.7 Å². The maximum Gasteiger partial charge on any atom is 0.408 e. The number of carboxylic acid groups (broad SMARTS) is 1. The van der Waals surface area contributed by atoms with E-state index >= 15 is 0 Å². The van der Waals surface area contributed by atoms with Crippen LogP contribution in [-0.4, -0.2) is 52.7 Å². The molecule has 1 heterocycles. The van der Waals surface area contributed by atoms with Crippen LogP contribution in [0.25, 0.3) is 11.1 Å². The number of nitrogens with one attached hydrogen (secondary N) is 1. The third-order valence-corrected chi connectivity index (χ3v) is 6.34. The van der Waals surface area contributed by atoms with E-state index in [2.05, 4.69) is 17.4 Å². The molecule has 1 aliphatic heterocycles. The number of carbonyl (C=O) groups excluding carboxylic acids is 2. The van der Waals surface area contributed by atoms with Crippen molar-refractivity contribution in [2.24, 2.45) is 0 Å². The highest BCUT2D eigenvalue weighted by Crippen LogP contribution is 2.44. The molecule has 2 aromatic rings. The van der Waals surface area contributed by atoms with Crippen LogP contribution in [0.1, 0.15) is 50.2 Å². The van der Waals surface area contributed by atoms with Crippen LogP contribution >= 0.6 is 0 Å². The summed E-state index contributed by atoms with van der Waals surface area (Å²) in [5.41, 5.74) is 3.32. The third kappa shape index (κ3) is 4.20. The molecule has 1 saturated heterocycles. The van der Waals surface area contributed by atoms with Crippen LogP contribution in [0.4, 0.5) is 4.79 Å². The number of fused-ring (bicyclic) bond motifs is 3. The summed E-state index contributed by atoms with van der Waals surface area (Å²) < 4.78 is 5.56. The molecule has 168 valence electrons. The molecule has 7 heteroatoms. The standard InChI is InChI=1S/C25H28N2O5/c1-25(2,23(30)27-13-7-8-16(27)14-22(28)29)26-24(31)32-15-21-19-11-5-3-9-17(19)18-10-4-6-12-20(18)21/h3-6,9-12,16,21H,7-8,13-15H2,1-2H3,(H,26,31)(H,28,29)/t16-/m1/s1. The largest absolute Gasteiger partial charge is 0.481 e. The van der Waals surface area contributed by atoms with E-state index in [1.165, 1.54) is 0 Å². The average molecular weight is 437 g/mol. The second-order valence-electron chi connectivity index (χ2n) is 8.97. The molecule has 1 aliphatic carbocycles. The monoisotopic (exact) mass is 436 g/mol. The van der Waals surface area contributed by atoms with Crippen LogP contribution in [-0.2, 0) is 14.3 Å². The first kappa shape index (κ1) is 21.9. The van der Waals surface area contributed by atoms with Crippen molar-refractivity contribution in [2.75, 3.05) is 13.2 Å². The number of likely N-dealkylation sites (tertiary alicyclic amines) is 1. The molecule has 0 spiro atoms. The van der Waals surface area contributed by atoms with Crippen molar-refractivity contribution < 1.29 is 24.2 Å². The van der Waals surface area contributed by atoms with Crippen molar-refractivity contribution in [3.8, 4) is 11.1 Å². The smallest absolute Gasteiger partial charge is 0.408 e. The lowest BCUT2D eigenvalue weighted by molar-refractivity contribution is -0.142. The molecule has 1 fully saturated rings.